The predicted octanol–water partition coefficient (Wildman–Crippen LogP) is 9.19. The SMILES string of the molecule is O=S(=O)(c1cc2c3ccccc3n3c2c(c1)c1ncn(-c2ccccc2)c13)c1cc2c3ccccc3n3c2c(c1)c1ncn(-c2ccccc2)c13. The summed E-state index contributed by atoms with van der Waals surface area (Å²) in [7, 11) is -4.02. The van der Waals surface area contributed by atoms with Crippen LogP contribution in [0.15, 0.2) is 156 Å². The van der Waals surface area contributed by atoms with Gasteiger partial charge in [-0.25, -0.2) is 18.4 Å². The number of imidazole rings is 2. The van der Waals surface area contributed by atoms with Crippen molar-refractivity contribution in [2.75, 3.05) is 0 Å². The van der Waals surface area contributed by atoms with E-state index in [9.17, 15) is 0 Å². The Morgan fingerprint density at radius 3 is 1.27 bits per heavy atom. The summed E-state index contributed by atoms with van der Waals surface area (Å²) >= 11 is 0. The van der Waals surface area contributed by atoms with Crippen molar-refractivity contribution in [1.29, 1.82) is 0 Å². The molecule has 0 aliphatic rings. The van der Waals surface area contributed by atoms with Crippen molar-refractivity contribution in [2.24, 2.45) is 0 Å². The van der Waals surface area contributed by atoms with Gasteiger partial charge in [-0.05, 0) is 60.7 Å². The van der Waals surface area contributed by atoms with E-state index in [-0.39, 0.29) is 9.79 Å². The Hall–Kier alpha value is -6.71. The van der Waals surface area contributed by atoms with E-state index in [1.807, 2.05) is 97.6 Å². The lowest BCUT2D eigenvalue weighted by Crippen LogP contribution is -2.02. The van der Waals surface area contributed by atoms with Crippen molar-refractivity contribution in [2.45, 2.75) is 9.79 Å². The second kappa shape index (κ2) is 9.29. The summed E-state index contributed by atoms with van der Waals surface area (Å²) in [6, 6.07) is 43.9. The first-order valence-corrected chi connectivity index (χ1v) is 18.2. The molecular weight excluding hydrogens is 653 g/mol. The van der Waals surface area contributed by atoms with E-state index in [2.05, 4.69) is 66.5 Å². The molecule has 0 bridgehead atoms. The van der Waals surface area contributed by atoms with E-state index in [0.29, 0.717) is 0 Å². The van der Waals surface area contributed by atoms with Gasteiger partial charge in [0, 0.05) is 43.7 Å². The van der Waals surface area contributed by atoms with E-state index >= 15 is 8.42 Å². The van der Waals surface area contributed by atoms with Crippen LogP contribution in [0.25, 0.3) is 88.1 Å². The molecule has 0 amide bonds. The third kappa shape index (κ3) is 3.31. The number of hydrogen-bond donors (Lipinski definition) is 0. The zero-order valence-electron chi connectivity index (χ0n) is 26.8. The molecule has 6 heterocycles. The lowest BCUT2D eigenvalue weighted by atomic mass is 10.1. The van der Waals surface area contributed by atoms with Crippen molar-refractivity contribution in [1.82, 2.24) is 27.9 Å². The van der Waals surface area contributed by atoms with E-state index in [1.165, 1.54) is 0 Å². The average Bonchev–Trinajstić information content (AvgIpc) is 4.02. The van der Waals surface area contributed by atoms with E-state index in [4.69, 9.17) is 9.97 Å². The quantitative estimate of drug-likeness (QED) is 0.186. The van der Waals surface area contributed by atoms with Crippen molar-refractivity contribution >= 4 is 86.5 Å². The normalized spacial score (nSPS) is 12.9. The van der Waals surface area contributed by atoms with Crippen LogP contribution in [-0.2, 0) is 9.84 Å². The Balaban J connectivity index is 1.16. The number of aromatic nitrogens is 6. The van der Waals surface area contributed by atoms with Gasteiger partial charge in [-0.2, -0.15) is 0 Å². The molecule has 12 aromatic rings. The number of hydrogen-bond acceptors (Lipinski definition) is 4. The topological polar surface area (TPSA) is 78.6 Å². The molecule has 0 N–H and O–H groups in total. The van der Waals surface area contributed by atoms with Crippen LogP contribution in [0.3, 0.4) is 0 Å². The molecule has 9 heteroatoms. The van der Waals surface area contributed by atoms with Crippen LogP contribution in [0.2, 0.25) is 0 Å². The van der Waals surface area contributed by atoms with Gasteiger partial charge in [-0.1, -0.05) is 72.8 Å². The first-order chi connectivity index (χ1) is 25.1. The molecule has 12 rings (SSSR count). The van der Waals surface area contributed by atoms with Crippen molar-refractivity contribution in [3.63, 3.8) is 0 Å². The lowest BCUT2D eigenvalue weighted by Gasteiger charge is -2.07. The number of benzene rings is 6. The van der Waals surface area contributed by atoms with Crippen LogP contribution in [0.5, 0.6) is 0 Å². The second-order valence-corrected chi connectivity index (χ2v) is 15.1. The molecule has 8 nitrogen and oxygen atoms in total. The molecule has 0 spiro atoms. The Kier molecular flexibility index (Phi) is 4.95. The second-order valence-electron chi connectivity index (χ2n) is 13.2. The van der Waals surface area contributed by atoms with Crippen LogP contribution in [0.4, 0.5) is 0 Å². The number of nitrogens with zero attached hydrogens (tertiary/aromatic N) is 6. The maximum absolute atomic E-state index is 15.0. The summed E-state index contributed by atoms with van der Waals surface area (Å²) in [6.45, 7) is 0. The number of sulfone groups is 1. The Bertz CT molecular complexity index is 3260. The fourth-order valence-corrected chi connectivity index (χ4v) is 9.80. The molecule has 0 saturated heterocycles. The van der Waals surface area contributed by atoms with Gasteiger partial charge < -0.3 is 0 Å². The maximum atomic E-state index is 15.0. The van der Waals surface area contributed by atoms with Crippen molar-refractivity contribution < 1.29 is 8.42 Å². The predicted molar refractivity (Wildman–Crippen MR) is 202 cm³/mol. The van der Waals surface area contributed by atoms with Crippen LogP contribution in [0.1, 0.15) is 0 Å². The molecule has 0 fully saturated rings. The number of para-hydroxylation sites is 4. The molecule has 0 saturated carbocycles. The fourth-order valence-electron chi connectivity index (χ4n) is 8.44. The summed E-state index contributed by atoms with van der Waals surface area (Å²) in [6.07, 6.45) is 3.64. The maximum Gasteiger partial charge on any atom is 0.206 e. The third-order valence-corrected chi connectivity index (χ3v) is 12.3. The Labute approximate surface area is 289 Å². The van der Waals surface area contributed by atoms with Gasteiger partial charge in [0.25, 0.3) is 0 Å². The molecule has 0 atom stereocenters. The monoisotopic (exact) mass is 676 g/mol. The molecule has 0 aliphatic carbocycles. The van der Waals surface area contributed by atoms with Gasteiger partial charge >= 0.3 is 0 Å². The van der Waals surface area contributed by atoms with Gasteiger partial charge in [-0.3, -0.25) is 17.9 Å². The lowest BCUT2D eigenvalue weighted by molar-refractivity contribution is 0.596. The molecule has 0 radical (unpaired) electrons. The van der Waals surface area contributed by atoms with Gasteiger partial charge in [0.1, 0.15) is 23.7 Å². The molecule has 6 aromatic heterocycles. The van der Waals surface area contributed by atoms with Gasteiger partial charge in [-0.15, -0.1) is 0 Å². The average molecular weight is 677 g/mol. The number of fused-ring (bicyclic) bond motifs is 12. The van der Waals surface area contributed by atoms with Crippen LogP contribution < -0.4 is 0 Å². The fraction of sp³-hybridized carbons (Fsp3) is 0. The first kappa shape index (κ1) is 27.2. The Morgan fingerprint density at radius 1 is 0.431 bits per heavy atom. The molecule has 6 aromatic carbocycles. The summed E-state index contributed by atoms with van der Waals surface area (Å²) in [4.78, 5) is 10.2. The van der Waals surface area contributed by atoms with Gasteiger partial charge in [0.15, 0.2) is 11.3 Å². The summed E-state index contributed by atoms with van der Waals surface area (Å²) in [5.74, 6) is 0. The summed E-state index contributed by atoms with van der Waals surface area (Å²) in [5, 5.41) is 5.35. The smallest absolute Gasteiger partial charge is 0.206 e. The largest absolute Gasteiger partial charge is 0.292 e. The minimum Gasteiger partial charge on any atom is -0.292 e. The van der Waals surface area contributed by atoms with Crippen LogP contribution in [0, 0.1) is 0 Å². The zero-order chi connectivity index (χ0) is 33.6. The Morgan fingerprint density at radius 2 is 0.824 bits per heavy atom. The highest BCUT2D eigenvalue weighted by Gasteiger charge is 2.29. The van der Waals surface area contributed by atoms with E-state index < -0.39 is 9.84 Å². The standard InChI is InChI=1S/C42H24N6O2S/c49-51(50,27-19-31-29-15-7-9-17-35(29)47-39(31)33(21-27)37-41(47)45(23-43-37)25-11-3-1-4-12-25)28-20-32-30-16-8-10-18-36(30)48-40(32)34(22-28)38-42(48)46(24-44-38)26-13-5-2-6-14-26/h1-24H. The van der Waals surface area contributed by atoms with Gasteiger partial charge in [0.05, 0.1) is 31.9 Å². The number of rotatable bonds is 4. The summed E-state index contributed by atoms with van der Waals surface area (Å²) < 4.78 is 38.6. The van der Waals surface area contributed by atoms with Crippen LogP contribution >= 0.6 is 0 Å². The zero-order valence-corrected chi connectivity index (χ0v) is 27.6. The molecule has 51 heavy (non-hydrogen) atoms. The molecule has 240 valence electrons. The first-order valence-electron chi connectivity index (χ1n) is 16.7. The highest BCUT2D eigenvalue weighted by Crippen LogP contribution is 2.44. The minimum absolute atomic E-state index is 0.235. The van der Waals surface area contributed by atoms with E-state index in [0.717, 1.165) is 88.1 Å². The van der Waals surface area contributed by atoms with Crippen molar-refractivity contribution in [3.05, 3.63) is 146 Å². The molecule has 0 unspecified atom stereocenters. The van der Waals surface area contributed by atoms with Gasteiger partial charge in [0.2, 0.25) is 9.84 Å². The summed E-state index contributed by atoms with van der Waals surface area (Å²) in [5.41, 5.74) is 9.23. The third-order valence-electron chi connectivity index (χ3n) is 10.6. The highest BCUT2D eigenvalue weighted by atomic mass is 32.2. The van der Waals surface area contributed by atoms with E-state index in [1.54, 1.807) is 0 Å². The van der Waals surface area contributed by atoms with Crippen LogP contribution in [-0.4, -0.2) is 36.3 Å². The van der Waals surface area contributed by atoms with Crippen molar-refractivity contribution in [3.8, 4) is 11.4 Å². The highest BCUT2D eigenvalue weighted by molar-refractivity contribution is 7.91. The molecular formula is C42H24N6O2S. The minimum atomic E-state index is -4.02. The molecule has 0 aliphatic heterocycles.